The number of aromatic nitrogens is 1. The standard InChI is InChI=1S/C20H29N3O3/c1-20(11-5-4-8-16(20)19(25)26)22-18(24)15-9-10-17(21-14-15)23-12-6-2-3-7-13-23/h9-10,14,16H,2-8,11-13H2,1H3,(H,22,24)(H,25,26). The topological polar surface area (TPSA) is 82.5 Å². The molecule has 6 nitrogen and oxygen atoms in total. The van der Waals surface area contributed by atoms with E-state index in [1.807, 2.05) is 13.0 Å². The van der Waals surface area contributed by atoms with Crippen molar-refractivity contribution in [3.63, 3.8) is 0 Å². The molecule has 1 aromatic rings. The van der Waals surface area contributed by atoms with Gasteiger partial charge in [-0.2, -0.15) is 0 Å². The van der Waals surface area contributed by atoms with E-state index in [0.29, 0.717) is 18.4 Å². The maximum absolute atomic E-state index is 12.7. The van der Waals surface area contributed by atoms with Gasteiger partial charge in [-0.25, -0.2) is 4.98 Å². The molecule has 2 unspecified atom stereocenters. The van der Waals surface area contributed by atoms with Crippen LogP contribution in [0.3, 0.4) is 0 Å². The van der Waals surface area contributed by atoms with Crippen LogP contribution in [0.1, 0.15) is 68.6 Å². The fraction of sp³-hybridized carbons (Fsp3) is 0.650. The number of carbonyl (C=O) groups is 2. The van der Waals surface area contributed by atoms with Crippen molar-refractivity contribution in [3.05, 3.63) is 23.9 Å². The molecule has 26 heavy (non-hydrogen) atoms. The van der Waals surface area contributed by atoms with Gasteiger partial charge < -0.3 is 15.3 Å². The van der Waals surface area contributed by atoms with E-state index < -0.39 is 17.4 Å². The Morgan fingerprint density at radius 2 is 1.88 bits per heavy atom. The molecule has 1 saturated carbocycles. The summed E-state index contributed by atoms with van der Waals surface area (Å²) in [7, 11) is 0. The molecule has 0 aromatic carbocycles. The van der Waals surface area contributed by atoms with E-state index in [-0.39, 0.29) is 5.91 Å². The van der Waals surface area contributed by atoms with E-state index in [1.165, 1.54) is 25.7 Å². The van der Waals surface area contributed by atoms with Crippen LogP contribution in [0.4, 0.5) is 5.82 Å². The summed E-state index contributed by atoms with van der Waals surface area (Å²) < 4.78 is 0. The largest absolute Gasteiger partial charge is 0.481 e. The van der Waals surface area contributed by atoms with Crippen molar-refractivity contribution in [2.75, 3.05) is 18.0 Å². The van der Waals surface area contributed by atoms with E-state index in [1.54, 1.807) is 12.3 Å². The third-order valence-electron chi connectivity index (χ3n) is 5.85. The summed E-state index contributed by atoms with van der Waals surface area (Å²) in [5.74, 6) is -0.696. The van der Waals surface area contributed by atoms with Gasteiger partial charge in [0.15, 0.2) is 0 Å². The monoisotopic (exact) mass is 359 g/mol. The molecule has 1 amide bonds. The number of hydrogen-bond donors (Lipinski definition) is 2. The Labute approximate surface area is 155 Å². The van der Waals surface area contributed by atoms with Crippen LogP contribution < -0.4 is 10.2 Å². The number of aliphatic carboxylic acids is 1. The molecule has 3 rings (SSSR count). The molecule has 6 heteroatoms. The Morgan fingerprint density at radius 1 is 1.15 bits per heavy atom. The summed E-state index contributed by atoms with van der Waals surface area (Å²) in [5, 5.41) is 12.5. The Morgan fingerprint density at radius 3 is 2.50 bits per heavy atom. The molecular weight excluding hydrogens is 330 g/mol. The highest BCUT2D eigenvalue weighted by molar-refractivity contribution is 5.95. The fourth-order valence-electron chi connectivity index (χ4n) is 4.22. The number of nitrogens with one attached hydrogen (secondary N) is 1. The lowest BCUT2D eigenvalue weighted by atomic mass is 9.74. The lowest BCUT2D eigenvalue weighted by Crippen LogP contribution is -2.55. The average Bonchev–Trinajstić information content (AvgIpc) is 2.91. The Hall–Kier alpha value is -2.11. The average molecular weight is 359 g/mol. The maximum atomic E-state index is 12.7. The summed E-state index contributed by atoms with van der Waals surface area (Å²) >= 11 is 0. The molecule has 1 saturated heterocycles. The molecule has 0 radical (unpaired) electrons. The molecule has 0 bridgehead atoms. The Balaban J connectivity index is 1.68. The van der Waals surface area contributed by atoms with Gasteiger partial charge in [-0.15, -0.1) is 0 Å². The van der Waals surface area contributed by atoms with Crippen molar-refractivity contribution >= 4 is 17.7 Å². The second kappa shape index (κ2) is 8.06. The first kappa shape index (κ1) is 18.7. The lowest BCUT2D eigenvalue weighted by molar-refractivity contribution is -0.145. The third kappa shape index (κ3) is 4.17. The molecule has 2 heterocycles. The van der Waals surface area contributed by atoms with Crippen molar-refractivity contribution in [3.8, 4) is 0 Å². The van der Waals surface area contributed by atoms with E-state index in [9.17, 15) is 14.7 Å². The van der Waals surface area contributed by atoms with E-state index >= 15 is 0 Å². The minimum atomic E-state index is -0.831. The fourth-order valence-corrected chi connectivity index (χ4v) is 4.22. The van der Waals surface area contributed by atoms with Crippen molar-refractivity contribution in [1.29, 1.82) is 0 Å². The van der Waals surface area contributed by atoms with Gasteiger partial charge >= 0.3 is 5.97 Å². The van der Waals surface area contributed by atoms with Gasteiger partial charge in [-0.1, -0.05) is 25.7 Å². The van der Waals surface area contributed by atoms with Crippen LogP contribution in [-0.4, -0.2) is 40.6 Å². The third-order valence-corrected chi connectivity index (χ3v) is 5.85. The zero-order valence-corrected chi connectivity index (χ0v) is 15.5. The predicted molar refractivity (Wildman–Crippen MR) is 100 cm³/mol. The molecule has 142 valence electrons. The summed E-state index contributed by atoms with van der Waals surface area (Å²) in [4.78, 5) is 31.0. The molecule has 0 spiro atoms. The first-order chi connectivity index (χ1) is 12.5. The van der Waals surface area contributed by atoms with Crippen molar-refractivity contribution in [1.82, 2.24) is 10.3 Å². The number of amides is 1. The normalized spacial score (nSPS) is 26.8. The van der Waals surface area contributed by atoms with Crippen LogP contribution in [0.5, 0.6) is 0 Å². The van der Waals surface area contributed by atoms with Crippen LogP contribution >= 0.6 is 0 Å². The lowest BCUT2D eigenvalue weighted by Gasteiger charge is -2.39. The summed E-state index contributed by atoms with van der Waals surface area (Å²) in [6, 6.07) is 3.70. The Kier molecular flexibility index (Phi) is 5.79. The van der Waals surface area contributed by atoms with E-state index in [4.69, 9.17) is 0 Å². The minimum Gasteiger partial charge on any atom is -0.481 e. The van der Waals surface area contributed by atoms with Crippen molar-refractivity contribution < 1.29 is 14.7 Å². The number of carboxylic acid groups (broad SMARTS) is 1. The number of rotatable bonds is 4. The summed E-state index contributed by atoms with van der Waals surface area (Å²) in [5.41, 5.74) is -0.218. The SMILES string of the molecule is CC1(NC(=O)c2ccc(N3CCCCCC3)nc2)CCCCC1C(=O)O. The van der Waals surface area contributed by atoms with Crippen LogP contribution in [-0.2, 0) is 4.79 Å². The molecule has 2 aliphatic rings. The minimum absolute atomic E-state index is 0.240. The number of carboxylic acids is 1. The number of hydrogen-bond acceptors (Lipinski definition) is 4. The Bertz CT molecular complexity index is 638. The number of carbonyl (C=O) groups excluding carboxylic acids is 1. The smallest absolute Gasteiger partial charge is 0.308 e. The molecular formula is C20H29N3O3. The number of nitrogens with zero attached hydrogens (tertiary/aromatic N) is 2. The van der Waals surface area contributed by atoms with Gasteiger partial charge in [0.2, 0.25) is 0 Å². The summed E-state index contributed by atoms with van der Waals surface area (Å²) in [6.07, 6.45) is 9.63. The summed E-state index contributed by atoms with van der Waals surface area (Å²) in [6.45, 7) is 3.87. The van der Waals surface area contributed by atoms with Crippen LogP contribution in [0.2, 0.25) is 0 Å². The highest BCUT2D eigenvalue weighted by Crippen LogP contribution is 2.34. The second-order valence-electron chi connectivity index (χ2n) is 7.81. The predicted octanol–water partition coefficient (Wildman–Crippen LogP) is 3.23. The first-order valence-electron chi connectivity index (χ1n) is 9.76. The van der Waals surface area contributed by atoms with Gasteiger partial charge in [0.05, 0.1) is 17.0 Å². The van der Waals surface area contributed by atoms with Crippen molar-refractivity contribution in [2.24, 2.45) is 5.92 Å². The first-order valence-corrected chi connectivity index (χ1v) is 9.76. The zero-order chi connectivity index (χ0) is 18.6. The van der Waals surface area contributed by atoms with Gasteiger partial charge in [0.25, 0.3) is 5.91 Å². The van der Waals surface area contributed by atoms with E-state index in [0.717, 1.165) is 31.7 Å². The maximum Gasteiger partial charge on any atom is 0.308 e. The van der Waals surface area contributed by atoms with E-state index in [2.05, 4.69) is 15.2 Å². The number of anilines is 1. The molecule has 2 atom stereocenters. The van der Waals surface area contributed by atoms with Gasteiger partial charge in [0.1, 0.15) is 5.82 Å². The van der Waals surface area contributed by atoms with Crippen LogP contribution in [0, 0.1) is 5.92 Å². The van der Waals surface area contributed by atoms with Crippen LogP contribution in [0.15, 0.2) is 18.3 Å². The molecule has 1 aliphatic carbocycles. The highest BCUT2D eigenvalue weighted by Gasteiger charge is 2.42. The van der Waals surface area contributed by atoms with Gasteiger partial charge in [-0.3, -0.25) is 9.59 Å². The quantitative estimate of drug-likeness (QED) is 0.862. The van der Waals surface area contributed by atoms with Crippen LogP contribution in [0.25, 0.3) is 0 Å². The highest BCUT2D eigenvalue weighted by atomic mass is 16.4. The molecule has 1 aromatic heterocycles. The van der Waals surface area contributed by atoms with Gasteiger partial charge in [0, 0.05) is 19.3 Å². The zero-order valence-electron chi connectivity index (χ0n) is 15.5. The molecule has 1 aliphatic heterocycles. The molecule has 2 N–H and O–H groups in total. The molecule has 2 fully saturated rings. The second-order valence-corrected chi connectivity index (χ2v) is 7.81. The number of pyridine rings is 1. The van der Waals surface area contributed by atoms with Gasteiger partial charge in [-0.05, 0) is 44.7 Å². The van der Waals surface area contributed by atoms with Crippen molar-refractivity contribution in [2.45, 2.75) is 63.8 Å².